The average Bonchev–Trinajstić information content (AvgIpc) is 3.42. The summed E-state index contributed by atoms with van der Waals surface area (Å²) in [6, 6.07) is 50.2. The van der Waals surface area contributed by atoms with Crippen LogP contribution in [0.4, 0.5) is 0 Å². The Morgan fingerprint density at radius 2 is 0.636 bits per heavy atom. The molecule has 210 valence electrons. The maximum absolute atomic E-state index is 2.47. The van der Waals surface area contributed by atoms with Gasteiger partial charge in [0.25, 0.3) is 0 Å². The molecule has 2 aliphatic rings. The monoisotopic (exact) mass is 562 g/mol. The molecule has 0 unspecified atom stereocenters. The molecule has 0 heteroatoms. The molecule has 44 heavy (non-hydrogen) atoms. The third kappa shape index (κ3) is 3.29. The third-order valence-corrected chi connectivity index (χ3v) is 10.7. The van der Waals surface area contributed by atoms with Gasteiger partial charge in [0.05, 0.1) is 0 Å². The van der Waals surface area contributed by atoms with Crippen LogP contribution in [-0.2, 0) is 10.8 Å². The van der Waals surface area contributed by atoms with Crippen molar-refractivity contribution in [2.45, 2.75) is 38.5 Å². The van der Waals surface area contributed by atoms with Crippen LogP contribution in [0.15, 0.2) is 133 Å². The zero-order valence-electron chi connectivity index (χ0n) is 25.7. The molecular formula is C44H34. The smallest absolute Gasteiger partial charge is 0.0159 e. The van der Waals surface area contributed by atoms with Crippen molar-refractivity contribution in [2.75, 3.05) is 0 Å². The van der Waals surface area contributed by atoms with E-state index in [0.717, 1.165) is 0 Å². The highest BCUT2D eigenvalue weighted by atomic mass is 14.4. The van der Waals surface area contributed by atoms with Crippen LogP contribution in [-0.4, -0.2) is 0 Å². The van der Waals surface area contributed by atoms with Crippen molar-refractivity contribution in [1.82, 2.24) is 0 Å². The maximum atomic E-state index is 2.47. The van der Waals surface area contributed by atoms with Gasteiger partial charge in [0.1, 0.15) is 0 Å². The summed E-state index contributed by atoms with van der Waals surface area (Å²) in [6.45, 7) is 9.48. The summed E-state index contributed by atoms with van der Waals surface area (Å²) in [5.74, 6) is 0. The molecule has 0 atom stereocenters. The summed E-state index contributed by atoms with van der Waals surface area (Å²) in [4.78, 5) is 0. The predicted octanol–water partition coefficient (Wildman–Crippen LogP) is 11.9. The molecule has 0 amide bonds. The molecule has 0 bridgehead atoms. The first-order valence-corrected chi connectivity index (χ1v) is 15.8. The van der Waals surface area contributed by atoms with Crippen molar-refractivity contribution in [1.29, 1.82) is 0 Å². The third-order valence-electron chi connectivity index (χ3n) is 10.7. The normalized spacial score (nSPS) is 15.2. The number of hydrogen-bond donors (Lipinski definition) is 0. The molecule has 0 saturated carbocycles. The van der Waals surface area contributed by atoms with Gasteiger partial charge in [-0.1, -0.05) is 149 Å². The van der Waals surface area contributed by atoms with E-state index < -0.39 is 0 Å². The quantitative estimate of drug-likeness (QED) is 0.184. The van der Waals surface area contributed by atoms with E-state index in [1.165, 1.54) is 88.3 Å². The summed E-state index contributed by atoms with van der Waals surface area (Å²) in [5.41, 5.74) is 16.2. The molecule has 0 fully saturated rings. The number of fused-ring (bicyclic) bond motifs is 8. The number of benzene rings is 7. The first-order chi connectivity index (χ1) is 21.4. The second-order valence-corrected chi connectivity index (χ2v) is 13.7. The van der Waals surface area contributed by atoms with E-state index in [-0.39, 0.29) is 10.8 Å². The Morgan fingerprint density at radius 1 is 0.318 bits per heavy atom. The lowest BCUT2D eigenvalue weighted by Crippen LogP contribution is -2.15. The highest BCUT2D eigenvalue weighted by Crippen LogP contribution is 2.53. The van der Waals surface area contributed by atoms with Crippen molar-refractivity contribution in [3.63, 3.8) is 0 Å². The first-order valence-electron chi connectivity index (χ1n) is 15.8. The molecule has 0 nitrogen and oxygen atoms in total. The maximum Gasteiger partial charge on any atom is 0.0159 e. The van der Waals surface area contributed by atoms with Gasteiger partial charge >= 0.3 is 0 Å². The van der Waals surface area contributed by atoms with Crippen molar-refractivity contribution >= 4 is 21.5 Å². The van der Waals surface area contributed by atoms with E-state index in [0.29, 0.717) is 0 Å². The van der Waals surface area contributed by atoms with Crippen molar-refractivity contribution in [3.05, 3.63) is 156 Å². The molecule has 0 N–H and O–H groups in total. The van der Waals surface area contributed by atoms with E-state index in [2.05, 4.69) is 161 Å². The molecule has 0 radical (unpaired) electrons. The Hall–Kier alpha value is -4.94. The predicted molar refractivity (Wildman–Crippen MR) is 187 cm³/mol. The van der Waals surface area contributed by atoms with Crippen LogP contribution in [0.5, 0.6) is 0 Å². The highest BCUT2D eigenvalue weighted by molar-refractivity contribution is 6.21. The van der Waals surface area contributed by atoms with Crippen molar-refractivity contribution < 1.29 is 0 Å². The molecule has 9 rings (SSSR count). The van der Waals surface area contributed by atoms with E-state index in [1.54, 1.807) is 0 Å². The molecule has 7 aromatic carbocycles. The molecule has 7 aromatic rings. The SMILES string of the molecule is CC1(C)c2ccccc2-c2ccc(-c3c4ccccc4c(-c4ccc5c(c4)C(C)(C)c4ccccc4-5)c4ccccc34)cc21. The van der Waals surface area contributed by atoms with Gasteiger partial charge in [0, 0.05) is 10.8 Å². The van der Waals surface area contributed by atoms with Gasteiger partial charge in [-0.2, -0.15) is 0 Å². The zero-order valence-corrected chi connectivity index (χ0v) is 25.7. The Kier molecular flexibility index (Phi) is 5.11. The fourth-order valence-corrected chi connectivity index (χ4v) is 8.47. The number of rotatable bonds is 2. The molecule has 0 heterocycles. The van der Waals surface area contributed by atoms with Crippen LogP contribution in [0.2, 0.25) is 0 Å². The average molecular weight is 563 g/mol. The van der Waals surface area contributed by atoms with Gasteiger partial charge in [0.2, 0.25) is 0 Å². The Labute approximate surface area is 259 Å². The lowest BCUT2D eigenvalue weighted by Gasteiger charge is -2.24. The van der Waals surface area contributed by atoms with Gasteiger partial charge in [-0.25, -0.2) is 0 Å². The minimum atomic E-state index is -0.0394. The van der Waals surface area contributed by atoms with E-state index in [4.69, 9.17) is 0 Å². The summed E-state index contributed by atoms with van der Waals surface area (Å²) >= 11 is 0. The van der Waals surface area contributed by atoms with Crippen LogP contribution in [0, 0.1) is 0 Å². The fraction of sp³-hybridized carbons (Fsp3) is 0.136. The summed E-state index contributed by atoms with van der Waals surface area (Å²) in [7, 11) is 0. The van der Waals surface area contributed by atoms with Crippen LogP contribution >= 0.6 is 0 Å². The van der Waals surface area contributed by atoms with Gasteiger partial charge < -0.3 is 0 Å². The van der Waals surface area contributed by atoms with E-state index in [1.807, 2.05) is 0 Å². The van der Waals surface area contributed by atoms with Gasteiger partial charge in [0.15, 0.2) is 0 Å². The summed E-state index contributed by atoms with van der Waals surface area (Å²) in [6.07, 6.45) is 0. The highest BCUT2D eigenvalue weighted by Gasteiger charge is 2.37. The standard InChI is InChI=1S/C44H34/c1-43(2)37-19-11-9-13-29(37)31-23-21-27(25-39(31)43)41-33-15-5-7-17-35(33)42(36-18-8-6-16-34(36)41)28-22-24-32-30-14-10-12-20-38(30)44(3,4)40(32)26-28/h5-26H,1-4H3. The molecule has 2 aliphatic carbocycles. The number of hydrogen-bond acceptors (Lipinski definition) is 0. The van der Waals surface area contributed by atoms with Crippen molar-refractivity contribution in [2.24, 2.45) is 0 Å². The van der Waals surface area contributed by atoms with E-state index in [9.17, 15) is 0 Å². The minimum absolute atomic E-state index is 0.0394. The second kappa shape index (κ2) is 8.80. The Morgan fingerprint density at radius 3 is 1.02 bits per heavy atom. The van der Waals surface area contributed by atoms with Crippen LogP contribution in [0.1, 0.15) is 49.9 Å². The lowest BCUT2D eigenvalue weighted by molar-refractivity contribution is 0.660. The Bertz CT molecular complexity index is 2110. The Balaban J connectivity index is 1.31. The zero-order chi connectivity index (χ0) is 29.8. The second-order valence-electron chi connectivity index (χ2n) is 13.7. The molecule has 0 aromatic heterocycles. The molecule has 0 saturated heterocycles. The minimum Gasteiger partial charge on any atom is -0.0619 e. The van der Waals surface area contributed by atoms with Gasteiger partial charge in [-0.3, -0.25) is 0 Å². The van der Waals surface area contributed by atoms with Gasteiger partial charge in [-0.05, 0) is 100 Å². The largest absolute Gasteiger partial charge is 0.0619 e. The lowest BCUT2D eigenvalue weighted by atomic mass is 9.79. The first kappa shape index (κ1) is 25.5. The fourth-order valence-electron chi connectivity index (χ4n) is 8.47. The summed E-state index contributed by atoms with van der Waals surface area (Å²) < 4.78 is 0. The van der Waals surface area contributed by atoms with E-state index >= 15 is 0 Å². The topological polar surface area (TPSA) is 0 Å². The van der Waals surface area contributed by atoms with Gasteiger partial charge in [-0.15, -0.1) is 0 Å². The van der Waals surface area contributed by atoms with Crippen LogP contribution < -0.4 is 0 Å². The van der Waals surface area contributed by atoms with Crippen LogP contribution in [0.25, 0.3) is 66.1 Å². The van der Waals surface area contributed by atoms with Crippen LogP contribution in [0.3, 0.4) is 0 Å². The molecule has 0 spiro atoms. The molecule has 0 aliphatic heterocycles. The van der Waals surface area contributed by atoms with Crippen molar-refractivity contribution in [3.8, 4) is 44.5 Å². The molecular weight excluding hydrogens is 528 g/mol. The summed E-state index contributed by atoms with van der Waals surface area (Å²) in [5, 5.41) is 5.21.